The molecule has 2 rings (SSSR count). The van der Waals surface area contributed by atoms with Gasteiger partial charge in [-0.15, -0.1) is 0 Å². The number of aromatic nitrogens is 1. The number of H-pyrrole nitrogens is 1. The Morgan fingerprint density at radius 3 is 2.67 bits per heavy atom. The van der Waals surface area contributed by atoms with E-state index in [4.69, 9.17) is 0 Å². The minimum absolute atomic E-state index is 1.08. The number of hydrogen-bond donors (Lipinski definition) is 1. The molecule has 0 aliphatic rings. The van der Waals surface area contributed by atoms with Crippen molar-refractivity contribution >= 4 is 0 Å². The van der Waals surface area contributed by atoms with Crippen LogP contribution in [-0.2, 0) is 6.42 Å². The van der Waals surface area contributed by atoms with E-state index in [1.54, 1.807) is 0 Å². The molecule has 0 spiro atoms. The van der Waals surface area contributed by atoms with Crippen molar-refractivity contribution in [1.29, 1.82) is 0 Å². The first kappa shape index (κ1) is 10.0. The summed E-state index contributed by atoms with van der Waals surface area (Å²) in [5.41, 5.74) is 6.64. The molecule has 0 fully saturated rings. The van der Waals surface area contributed by atoms with E-state index in [0.717, 1.165) is 6.42 Å². The first-order valence-electron chi connectivity index (χ1n) is 5.46. The zero-order valence-electron chi connectivity index (χ0n) is 9.59. The summed E-state index contributed by atoms with van der Waals surface area (Å²) in [6, 6.07) is 8.76. The molecule has 1 aromatic carbocycles. The molecule has 1 N–H and O–H groups in total. The molecule has 0 bridgehead atoms. The molecule has 0 unspecified atom stereocenters. The van der Waals surface area contributed by atoms with Gasteiger partial charge in [0.15, 0.2) is 0 Å². The highest BCUT2D eigenvalue weighted by molar-refractivity contribution is 5.67. The first-order chi connectivity index (χ1) is 7.22. The molecule has 1 heterocycles. The molecule has 78 valence electrons. The predicted octanol–water partition coefficient (Wildman–Crippen LogP) is 3.86. The highest BCUT2D eigenvalue weighted by Gasteiger charge is 2.07. The van der Waals surface area contributed by atoms with Crippen molar-refractivity contribution in [2.24, 2.45) is 0 Å². The Hall–Kier alpha value is -1.50. The molecule has 1 nitrogen and oxygen atoms in total. The number of benzene rings is 1. The second kappa shape index (κ2) is 3.93. The van der Waals surface area contributed by atoms with Gasteiger partial charge in [-0.05, 0) is 43.5 Å². The Morgan fingerprint density at radius 1 is 1.13 bits per heavy atom. The van der Waals surface area contributed by atoms with Gasteiger partial charge in [0.05, 0.1) is 0 Å². The molecule has 15 heavy (non-hydrogen) atoms. The molecular weight excluding hydrogens is 182 g/mol. The van der Waals surface area contributed by atoms with Gasteiger partial charge in [-0.2, -0.15) is 0 Å². The summed E-state index contributed by atoms with van der Waals surface area (Å²) in [7, 11) is 0. The van der Waals surface area contributed by atoms with E-state index in [2.05, 4.69) is 50.0 Å². The van der Waals surface area contributed by atoms with Crippen LogP contribution in [0, 0.1) is 13.8 Å². The summed E-state index contributed by atoms with van der Waals surface area (Å²) >= 11 is 0. The Balaban J connectivity index is 2.58. The van der Waals surface area contributed by atoms with Crippen LogP contribution in [0.15, 0.2) is 30.5 Å². The lowest BCUT2D eigenvalue weighted by atomic mass is 10.00. The van der Waals surface area contributed by atoms with Gasteiger partial charge in [0, 0.05) is 17.5 Å². The molecule has 1 heteroatoms. The van der Waals surface area contributed by atoms with Crippen LogP contribution in [0.25, 0.3) is 11.3 Å². The van der Waals surface area contributed by atoms with Crippen molar-refractivity contribution < 1.29 is 0 Å². The third-order valence-corrected chi connectivity index (χ3v) is 2.88. The summed E-state index contributed by atoms with van der Waals surface area (Å²) in [6.07, 6.45) is 3.10. The monoisotopic (exact) mass is 199 g/mol. The van der Waals surface area contributed by atoms with Crippen molar-refractivity contribution in [1.82, 2.24) is 4.98 Å². The first-order valence-corrected chi connectivity index (χ1v) is 5.46. The van der Waals surface area contributed by atoms with Crippen LogP contribution < -0.4 is 0 Å². The van der Waals surface area contributed by atoms with Gasteiger partial charge in [-0.3, -0.25) is 0 Å². The zero-order chi connectivity index (χ0) is 10.8. The topological polar surface area (TPSA) is 15.8 Å². The smallest absolute Gasteiger partial charge is 0.0489 e. The molecule has 0 saturated carbocycles. The molecule has 0 radical (unpaired) electrons. The van der Waals surface area contributed by atoms with E-state index >= 15 is 0 Å². The lowest BCUT2D eigenvalue weighted by Gasteiger charge is -2.07. The summed E-state index contributed by atoms with van der Waals surface area (Å²) in [4.78, 5) is 3.34. The molecular formula is C14H17N. The third kappa shape index (κ3) is 1.82. The lowest BCUT2D eigenvalue weighted by molar-refractivity contribution is 1.14. The second-order valence-electron chi connectivity index (χ2n) is 4.05. The molecule has 1 aromatic heterocycles. The Morgan fingerprint density at radius 2 is 1.93 bits per heavy atom. The van der Waals surface area contributed by atoms with Gasteiger partial charge >= 0.3 is 0 Å². The molecule has 0 saturated heterocycles. The van der Waals surface area contributed by atoms with Gasteiger partial charge in [-0.25, -0.2) is 0 Å². The van der Waals surface area contributed by atoms with Crippen LogP contribution in [0.4, 0.5) is 0 Å². The highest BCUT2D eigenvalue weighted by atomic mass is 14.7. The fourth-order valence-corrected chi connectivity index (χ4v) is 1.95. The molecule has 0 aliphatic heterocycles. The molecule has 0 aliphatic carbocycles. The Kier molecular flexibility index (Phi) is 2.63. The number of nitrogens with one attached hydrogen (secondary N) is 1. The summed E-state index contributed by atoms with van der Waals surface area (Å²) < 4.78 is 0. The normalized spacial score (nSPS) is 10.6. The Labute approximate surface area is 91.2 Å². The summed E-state index contributed by atoms with van der Waals surface area (Å²) in [5.74, 6) is 0. The maximum absolute atomic E-state index is 3.34. The Bertz CT molecular complexity index is 466. The largest absolute Gasteiger partial charge is 0.361 e. The van der Waals surface area contributed by atoms with Crippen molar-refractivity contribution in [2.45, 2.75) is 27.2 Å². The van der Waals surface area contributed by atoms with E-state index in [1.807, 2.05) is 6.20 Å². The number of aryl methyl sites for hydroxylation is 3. The van der Waals surface area contributed by atoms with Gasteiger partial charge < -0.3 is 4.98 Å². The van der Waals surface area contributed by atoms with Crippen molar-refractivity contribution in [3.63, 3.8) is 0 Å². The van der Waals surface area contributed by atoms with Crippen molar-refractivity contribution in [3.05, 3.63) is 47.2 Å². The molecule has 2 aromatic rings. The number of rotatable bonds is 2. The van der Waals surface area contributed by atoms with Crippen molar-refractivity contribution in [3.8, 4) is 11.3 Å². The van der Waals surface area contributed by atoms with E-state index in [-0.39, 0.29) is 0 Å². The van der Waals surface area contributed by atoms with Gasteiger partial charge in [0.2, 0.25) is 0 Å². The van der Waals surface area contributed by atoms with E-state index in [1.165, 1.54) is 27.9 Å². The highest BCUT2D eigenvalue weighted by Crippen LogP contribution is 2.26. The van der Waals surface area contributed by atoms with Crippen LogP contribution in [0.3, 0.4) is 0 Å². The van der Waals surface area contributed by atoms with Gasteiger partial charge in [0.25, 0.3) is 0 Å². The lowest BCUT2D eigenvalue weighted by Crippen LogP contribution is -1.88. The fraction of sp³-hybridized carbons (Fsp3) is 0.286. The van der Waals surface area contributed by atoms with Gasteiger partial charge in [-0.1, -0.05) is 24.6 Å². The summed E-state index contributed by atoms with van der Waals surface area (Å²) in [6.45, 7) is 6.49. The van der Waals surface area contributed by atoms with Crippen LogP contribution in [0.1, 0.15) is 23.6 Å². The van der Waals surface area contributed by atoms with Crippen molar-refractivity contribution in [2.75, 3.05) is 0 Å². The van der Waals surface area contributed by atoms with E-state index in [0.29, 0.717) is 0 Å². The maximum atomic E-state index is 3.34. The molecule has 0 atom stereocenters. The minimum atomic E-state index is 1.08. The van der Waals surface area contributed by atoms with Crippen LogP contribution in [0.2, 0.25) is 0 Å². The third-order valence-electron chi connectivity index (χ3n) is 2.88. The summed E-state index contributed by atoms with van der Waals surface area (Å²) in [5, 5.41) is 0. The van der Waals surface area contributed by atoms with E-state index in [9.17, 15) is 0 Å². The zero-order valence-corrected chi connectivity index (χ0v) is 9.59. The number of aromatic amines is 1. The molecule has 0 amide bonds. The van der Waals surface area contributed by atoms with Crippen LogP contribution >= 0.6 is 0 Å². The minimum Gasteiger partial charge on any atom is -0.361 e. The van der Waals surface area contributed by atoms with Crippen LogP contribution in [0.5, 0.6) is 0 Å². The standard InChI is InChI=1S/C14H17N/c1-4-12-7-8-15-14(12)13-9-10(2)5-6-11(13)3/h5-9,15H,4H2,1-3H3. The average molecular weight is 199 g/mol. The fourth-order valence-electron chi connectivity index (χ4n) is 1.95. The average Bonchev–Trinajstić information content (AvgIpc) is 2.69. The maximum Gasteiger partial charge on any atom is 0.0489 e. The second-order valence-corrected chi connectivity index (χ2v) is 4.05. The SMILES string of the molecule is CCc1cc[nH]c1-c1cc(C)ccc1C. The number of hydrogen-bond acceptors (Lipinski definition) is 0. The predicted molar refractivity (Wildman–Crippen MR) is 65.1 cm³/mol. The quantitative estimate of drug-likeness (QED) is 0.756. The van der Waals surface area contributed by atoms with Gasteiger partial charge in [0.1, 0.15) is 0 Å². The van der Waals surface area contributed by atoms with E-state index < -0.39 is 0 Å². The van der Waals surface area contributed by atoms with Crippen LogP contribution in [-0.4, -0.2) is 4.98 Å².